The van der Waals surface area contributed by atoms with Crippen molar-refractivity contribution in [1.29, 1.82) is 0 Å². The van der Waals surface area contributed by atoms with E-state index >= 15 is 0 Å². The molecule has 1 aromatic carbocycles. The molecule has 3 aliphatic rings. The smallest absolute Gasteiger partial charge is 0.240 e. The molecule has 4 rings (SSSR count). The zero-order chi connectivity index (χ0) is 13.1. The van der Waals surface area contributed by atoms with E-state index in [4.69, 9.17) is 4.74 Å². The first kappa shape index (κ1) is 11.6. The summed E-state index contributed by atoms with van der Waals surface area (Å²) in [4.78, 5) is 26.2. The van der Waals surface area contributed by atoms with Gasteiger partial charge >= 0.3 is 0 Å². The number of imide groups is 1. The van der Waals surface area contributed by atoms with Gasteiger partial charge in [-0.15, -0.1) is 0 Å². The monoisotopic (exact) mass is 367 g/mol. The maximum absolute atomic E-state index is 12.5. The van der Waals surface area contributed by atoms with Gasteiger partial charge in [0.15, 0.2) is 0 Å². The predicted octanol–water partition coefficient (Wildman–Crippen LogP) is 1.73. The van der Waals surface area contributed by atoms with E-state index in [-0.39, 0.29) is 35.9 Å². The molecule has 19 heavy (non-hydrogen) atoms. The summed E-state index contributed by atoms with van der Waals surface area (Å²) in [6.45, 7) is 0. The molecular weight excluding hydrogens is 357 g/mol. The highest BCUT2D eigenvalue weighted by atomic mass is 127. The lowest BCUT2D eigenvalue weighted by Crippen LogP contribution is -2.34. The third kappa shape index (κ3) is 1.48. The van der Waals surface area contributed by atoms with Crippen LogP contribution in [0, 0.1) is 15.4 Å². The van der Waals surface area contributed by atoms with E-state index in [2.05, 4.69) is 22.6 Å². The van der Waals surface area contributed by atoms with Gasteiger partial charge in [-0.2, -0.15) is 0 Å². The Morgan fingerprint density at radius 1 is 0.947 bits per heavy atom. The number of ether oxygens (including phenoxy) is 1. The van der Waals surface area contributed by atoms with Gasteiger partial charge in [-0.3, -0.25) is 9.59 Å². The fourth-order valence-corrected chi connectivity index (χ4v) is 3.51. The van der Waals surface area contributed by atoms with E-state index in [0.29, 0.717) is 5.69 Å². The SMILES string of the molecule is O=C1[C@@H]2[C@@H](C(=O)N1c1ccc(I)cc1)[C@H]1C=C[C@H]2O1. The van der Waals surface area contributed by atoms with Crippen LogP contribution >= 0.6 is 22.6 Å². The summed E-state index contributed by atoms with van der Waals surface area (Å²) < 4.78 is 6.68. The lowest BCUT2D eigenvalue weighted by atomic mass is 9.85. The van der Waals surface area contributed by atoms with Crippen molar-refractivity contribution in [2.24, 2.45) is 11.8 Å². The fourth-order valence-electron chi connectivity index (χ4n) is 3.15. The van der Waals surface area contributed by atoms with Gasteiger partial charge in [0.1, 0.15) is 0 Å². The molecule has 0 unspecified atom stereocenters. The number of rotatable bonds is 1. The van der Waals surface area contributed by atoms with Gasteiger partial charge < -0.3 is 4.74 Å². The van der Waals surface area contributed by atoms with Crippen LogP contribution in [0.2, 0.25) is 0 Å². The van der Waals surface area contributed by atoms with E-state index in [1.807, 2.05) is 36.4 Å². The molecule has 1 aromatic rings. The Kier molecular flexibility index (Phi) is 2.38. The van der Waals surface area contributed by atoms with Crippen LogP contribution in [-0.2, 0) is 14.3 Å². The van der Waals surface area contributed by atoms with Crippen LogP contribution < -0.4 is 4.90 Å². The van der Waals surface area contributed by atoms with E-state index in [0.717, 1.165) is 3.57 Å². The van der Waals surface area contributed by atoms with E-state index in [1.165, 1.54) is 4.90 Å². The highest BCUT2D eigenvalue weighted by Gasteiger charge is 2.60. The van der Waals surface area contributed by atoms with Crippen LogP contribution in [0.1, 0.15) is 0 Å². The molecule has 3 heterocycles. The first-order valence-corrected chi connectivity index (χ1v) is 7.22. The van der Waals surface area contributed by atoms with Crippen molar-refractivity contribution in [3.63, 3.8) is 0 Å². The van der Waals surface area contributed by atoms with Crippen LogP contribution in [0.4, 0.5) is 5.69 Å². The normalized spacial score (nSPS) is 35.3. The standard InChI is InChI=1S/C14H10INO3/c15-7-1-3-8(4-2-7)16-13(17)11-9-5-6-10(19-9)12(11)14(16)18/h1-6,9-12H/t9-,10-,11+,12+/m1/s1. The quantitative estimate of drug-likeness (QED) is 0.432. The van der Waals surface area contributed by atoms with Crippen LogP contribution in [0.15, 0.2) is 36.4 Å². The van der Waals surface area contributed by atoms with Crippen molar-refractivity contribution in [2.75, 3.05) is 4.90 Å². The maximum atomic E-state index is 12.5. The number of carbonyl (C=O) groups is 2. The van der Waals surface area contributed by atoms with Crippen LogP contribution in [-0.4, -0.2) is 24.0 Å². The zero-order valence-corrected chi connectivity index (χ0v) is 12.0. The van der Waals surface area contributed by atoms with Gasteiger partial charge in [0.2, 0.25) is 11.8 Å². The first-order chi connectivity index (χ1) is 9.16. The Morgan fingerprint density at radius 2 is 1.47 bits per heavy atom. The van der Waals surface area contributed by atoms with Crippen molar-refractivity contribution >= 4 is 40.1 Å². The van der Waals surface area contributed by atoms with E-state index in [9.17, 15) is 9.59 Å². The molecule has 4 atom stereocenters. The molecule has 4 nitrogen and oxygen atoms in total. The molecule has 2 fully saturated rings. The van der Waals surface area contributed by atoms with Crippen molar-refractivity contribution in [3.05, 3.63) is 40.0 Å². The lowest BCUT2D eigenvalue weighted by molar-refractivity contribution is -0.124. The molecule has 5 heteroatoms. The Balaban J connectivity index is 1.74. The van der Waals surface area contributed by atoms with Gasteiger partial charge in [0.05, 0.1) is 29.7 Å². The lowest BCUT2D eigenvalue weighted by Gasteiger charge is -2.17. The third-order valence-corrected chi connectivity index (χ3v) is 4.71. The van der Waals surface area contributed by atoms with Gasteiger partial charge in [0.25, 0.3) is 0 Å². The Morgan fingerprint density at radius 3 is 2.00 bits per heavy atom. The molecule has 0 saturated carbocycles. The van der Waals surface area contributed by atoms with Crippen molar-refractivity contribution in [2.45, 2.75) is 12.2 Å². The average Bonchev–Trinajstić information content (AvgIpc) is 3.06. The maximum Gasteiger partial charge on any atom is 0.240 e. The molecule has 0 radical (unpaired) electrons. The van der Waals surface area contributed by atoms with Gasteiger partial charge in [0, 0.05) is 3.57 Å². The second kappa shape index (κ2) is 3.89. The number of hydrogen-bond acceptors (Lipinski definition) is 3. The topological polar surface area (TPSA) is 46.6 Å². The summed E-state index contributed by atoms with van der Waals surface area (Å²) in [6, 6.07) is 7.42. The van der Waals surface area contributed by atoms with Gasteiger partial charge in [-0.05, 0) is 46.9 Å². The Hall–Kier alpha value is -1.21. The van der Waals surface area contributed by atoms with Crippen LogP contribution in [0.5, 0.6) is 0 Å². The number of fused-ring (bicyclic) bond motifs is 5. The second-order valence-electron chi connectivity index (χ2n) is 4.99. The number of benzene rings is 1. The summed E-state index contributed by atoms with van der Waals surface area (Å²) >= 11 is 2.20. The summed E-state index contributed by atoms with van der Waals surface area (Å²) in [5.41, 5.74) is 0.657. The van der Waals surface area contributed by atoms with E-state index in [1.54, 1.807) is 0 Å². The minimum absolute atomic E-state index is 0.131. The number of carbonyl (C=O) groups excluding carboxylic acids is 2. The highest BCUT2D eigenvalue weighted by molar-refractivity contribution is 14.1. The summed E-state index contributed by atoms with van der Waals surface area (Å²) in [5, 5.41) is 0. The Bertz CT molecular complexity index is 580. The molecule has 2 amide bonds. The number of hydrogen-bond donors (Lipinski definition) is 0. The molecule has 2 saturated heterocycles. The second-order valence-corrected chi connectivity index (χ2v) is 6.24. The molecule has 96 valence electrons. The minimum atomic E-state index is -0.332. The van der Waals surface area contributed by atoms with Gasteiger partial charge in [-0.1, -0.05) is 12.2 Å². The zero-order valence-electron chi connectivity index (χ0n) is 9.82. The molecule has 0 aliphatic carbocycles. The van der Waals surface area contributed by atoms with E-state index < -0.39 is 0 Å². The number of anilines is 1. The van der Waals surface area contributed by atoms with Gasteiger partial charge in [-0.25, -0.2) is 4.90 Å². The molecule has 2 bridgehead atoms. The minimum Gasteiger partial charge on any atom is -0.365 e. The molecule has 3 aliphatic heterocycles. The highest BCUT2D eigenvalue weighted by Crippen LogP contribution is 2.46. The summed E-state index contributed by atoms with van der Waals surface area (Å²) in [5.74, 6) is -0.926. The third-order valence-electron chi connectivity index (χ3n) is 4.00. The molecule has 0 spiro atoms. The van der Waals surface area contributed by atoms with Crippen molar-refractivity contribution in [3.8, 4) is 0 Å². The predicted molar refractivity (Wildman–Crippen MR) is 76.4 cm³/mol. The van der Waals surface area contributed by atoms with Crippen LogP contribution in [0.25, 0.3) is 0 Å². The first-order valence-electron chi connectivity index (χ1n) is 6.14. The van der Waals surface area contributed by atoms with Crippen LogP contribution in [0.3, 0.4) is 0 Å². The Labute approximate surface area is 123 Å². The largest absolute Gasteiger partial charge is 0.365 e. The number of amides is 2. The molecule has 0 N–H and O–H groups in total. The average molecular weight is 367 g/mol. The number of nitrogens with zero attached hydrogens (tertiary/aromatic N) is 1. The number of halogens is 1. The molecular formula is C14H10INO3. The van der Waals surface area contributed by atoms with Crippen molar-refractivity contribution in [1.82, 2.24) is 0 Å². The summed E-state index contributed by atoms with van der Waals surface area (Å²) in [6.07, 6.45) is 3.35. The fraction of sp³-hybridized carbons (Fsp3) is 0.286. The summed E-state index contributed by atoms with van der Waals surface area (Å²) in [7, 11) is 0. The molecule has 0 aromatic heterocycles. The van der Waals surface area contributed by atoms with Crippen molar-refractivity contribution < 1.29 is 14.3 Å².